The predicted octanol–water partition coefficient (Wildman–Crippen LogP) is 5.07. The Morgan fingerprint density at radius 3 is 2.38 bits per heavy atom. The van der Waals surface area contributed by atoms with E-state index in [0.717, 1.165) is 6.42 Å². The van der Waals surface area contributed by atoms with Crippen LogP contribution in [0.15, 0.2) is 82.4 Å². The number of hydrogen-bond donors (Lipinski definition) is 0. The first kappa shape index (κ1) is 21.2. The van der Waals surface area contributed by atoms with Gasteiger partial charge in [0.1, 0.15) is 0 Å². The average molecular weight is 473 g/mol. The summed E-state index contributed by atoms with van der Waals surface area (Å²) >= 11 is 3.40. The van der Waals surface area contributed by atoms with Crippen LogP contribution in [0.2, 0.25) is 0 Å². The molecule has 150 valence electrons. The number of carbonyl (C=O) groups excluding carboxylic acids is 1. The van der Waals surface area contributed by atoms with Crippen molar-refractivity contribution in [2.45, 2.75) is 24.7 Å². The highest BCUT2D eigenvalue weighted by Gasteiger charge is 2.28. The molecule has 0 unspecified atom stereocenters. The molecule has 3 rings (SSSR count). The summed E-state index contributed by atoms with van der Waals surface area (Å²) in [6, 6.07) is 16.6. The number of anilines is 1. The lowest BCUT2D eigenvalue weighted by Crippen LogP contribution is -2.33. The Balaban J connectivity index is 2.15. The van der Waals surface area contributed by atoms with Crippen molar-refractivity contribution in [3.8, 4) is 0 Å². The Morgan fingerprint density at radius 1 is 1.03 bits per heavy atom. The maximum atomic E-state index is 13.4. The van der Waals surface area contributed by atoms with Crippen molar-refractivity contribution < 1.29 is 13.2 Å². The van der Waals surface area contributed by atoms with E-state index in [1.807, 2.05) is 6.92 Å². The Labute approximate surface area is 179 Å². The molecule has 0 aliphatic rings. The zero-order valence-electron chi connectivity index (χ0n) is 16.0. The maximum absolute atomic E-state index is 13.4. The molecule has 0 fully saturated rings. The third-order valence-electron chi connectivity index (χ3n) is 4.46. The van der Waals surface area contributed by atoms with E-state index in [2.05, 4.69) is 20.9 Å². The molecule has 5 nitrogen and oxygen atoms in total. The van der Waals surface area contributed by atoms with E-state index < -0.39 is 10.0 Å². The van der Waals surface area contributed by atoms with Crippen molar-refractivity contribution in [1.82, 2.24) is 4.98 Å². The van der Waals surface area contributed by atoms with Crippen LogP contribution in [0.5, 0.6) is 0 Å². The molecule has 0 saturated heterocycles. The highest BCUT2D eigenvalue weighted by molar-refractivity contribution is 9.10. The molecule has 3 aromatic rings. The monoisotopic (exact) mass is 472 g/mol. The molecule has 1 heterocycles. The summed E-state index contributed by atoms with van der Waals surface area (Å²) in [6.45, 7) is 2.28. The predicted molar refractivity (Wildman–Crippen MR) is 118 cm³/mol. The van der Waals surface area contributed by atoms with Gasteiger partial charge in [0.15, 0.2) is 5.78 Å². The van der Waals surface area contributed by atoms with Crippen molar-refractivity contribution >= 4 is 37.4 Å². The second-order valence-corrected chi connectivity index (χ2v) is 9.25. The molecular formula is C22H21BrN2O3S. The number of ketones is 1. The number of unbranched alkanes of at least 4 members (excludes halogenated alkanes) is 1. The van der Waals surface area contributed by atoms with Gasteiger partial charge in [0, 0.05) is 34.5 Å². The quantitative estimate of drug-likeness (QED) is 0.429. The molecule has 1 aromatic heterocycles. The smallest absolute Gasteiger partial charge is 0.264 e. The van der Waals surface area contributed by atoms with E-state index in [-0.39, 0.29) is 17.2 Å². The summed E-state index contributed by atoms with van der Waals surface area (Å²) in [6.07, 6.45) is 4.58. The van der Waals surface area contributed by atoms with Gasteiger partial charge in [-0.1, -0.05) is 47.5 Å². The second kappa shape index (κ2) is 9.33. The third-order valence-corrected chi connectivity index (χ3v) is 6.78. The van der Waals surface area contributed by atoms with E-state index in [1.54, 1.807) is 73.1 Å². The van der Waals surface area contributed by atoms with E-state index in [4.69, 9.17) is 0 Å². The molecule has 0 saturated carbocycles. The van der Waals surface area contributed by atoms with Crippen molar-refractivity contribution in [3.63, 3.8) is 0 Å². The van der Waals surface area contributed by atoms with E-state index in [0.29, 0.717) is 27.7 Å². The summed E-state index contributed by atoms with van der Waals surface area (Å²) in [4.78, 5) is 17.3. The summed E-state index contributed by atoms with van der Waals surface area (Å²) in [7, 11) is -3.82. The number of sulfonamides is 1. The van der Waals surface area contributed by atoms with Gasteiger partial charge in [-0.15, -0.1) is 0 Å². The molecule has 0 spiro atoms. The van der Waals surface area contributed by atoms with Crippen molar-refractivity contribution in [2.24, 2.45) is 0 Å². The molecule has 2 aromatic carbocycles. The number of rotatable bonds is 8. The molecule has 0 N–H and O–H groups in total. The first-order valence-corrected chi connectivity index (χ1v) is 11.5. The standard InChI is InChI=1S/C22H21BrN2O3S/c1-2-3-15-25(29(27,28)19-7-5-4-6-8-19)21-10-9-18(23)16-20(21)22(26)17-11-13-24-14-12-17/h4-14,16H,2-3,15H2,1H3. The second-order valence-electron chi connectivity index (χ2n) is 6.47. The van der Waals surface area contributed by atoms with Crippen LogP contribution in [0.1, 0.15) is 35.7 Å². The summed E-state index contributed by atoms with van der Waals surface area (Å²) in [5.41, 5.74) is 1.14. The fourth-order valence-corrected chi connectivity index (χ4v) is 4.86. The summed E-state index contributed by atoms with van der Waals surface area (Å²) in [5.74, 6) is -0.256. The topological polar surface area (TPSA) is 67.3 Å². The normalized spacial score (nSPS) is 11.2. The minimum atomic E-state index is -3.82. The summed E-state index contributed by atoms with van der Waals surface area (Å²) < 4.78 is 28.9. The van der Waals surface area contributed by atoms with Gasteiger partial charge in [-0.3, -0.25) is 14.1 Å². The van der Waals surface area contributed by atoms with Crippen LogP contribution >= 0.6 is 15.9 Å². The van der Waals surface area contributed by atoms with Gasteiger partial charge in [-0.2, -0.15) is 0 Å². The number of nitrogens with zero attached hydrogens (tertiary/aromatic N) is 2. The fourth-order valence-electron chi connectivity index (χ4n) is 2.96. The minimum absolute atomic E-state index is 0.196. The molecule has 0 atom stereocenters. The van der Waals surface area contributed by atoms with Gasteiger partial charge >= 0.3 is 0 Å². The number of halogens is 1. The Kier molecular flexibility index (Phi) is 6.82. The molecule has 29 heavy (non-hydrogen) atoms. The molecule has 0 radical (unpaired) electrons. The minimum Gasteiger partial charge on any atom is -0.289 e. The van der Waals surface area contributed by atoms with E-state index >= 15 is 0 Å². The molecule has 7 heteroatoms. The van der Waals surface area contributed by atoms with Crippen LogP contribution in [0.4, 0.5) is 5.69 Å². The highest BCUT2D eigenvalue weighted by atomic mass is 79.9. The molecule has 0 aliphatic heterocycles. The first-order chi connectivity index (χ1) is 13.9. The van der Waals surface area contributed by atoms with Crippen molar-refractivity contribution in [2.75, 3.05) is 10.8 Å². The van der Waals surface area contributed by atoms with Crippen LogP contribution < -0.4 is 4.31 Å². The Bertz CT molecular complexity index is 1090. The lowest BCUT2D eigenvalue weighted by molar-refractivity contribution is 0.103. The van der Waals surface area contributed by atoms with Gasteiger partial charge < -0.3 is 0 Å². The van der Waals surface area contributed by atoms with Gasteiger partial charge in [-0.25, -0.2) is 8.42 Å². The molecule has 0 aliphatic carbocycles. The Morgan fingerprint density at radius 2 is 1.72 bits per heavy atom. The average Bonchev–Trinajstić information content (AvgIpc) is 2.75. The molecule has 0 bridgehead atoms. The fraction of sp³-hybridized carbons (Fsp3) is 0.182. The van der Waals surface area contributed by atoms with E-state index in [9.17, 15) is 13.2 Å². The number of pyridine rings is 1. The number of aromatic nitrogens is 1. The SMILES string of the molecule is CCCCN(c1ccc(Br)cc1C(=O)c1ccncc1)S(=O)(=O)c1ccccc1. The Hall–Kier alpha value is -2.51. The zero-order valence-corrected chi connectivity index (χ0v) is 18.4. The van der Waals surface area contributed by atoms with Gasteiger partial charge in [0.25, 0.3) is 10.0 Å². The molecular weight excluding hydrogens is 452 g/mol. The third kappa shape index (κ3) is 4.74. The largest absolute Gasteiger partial charge is 0.289 e. The summed E-state index contributed by atoms with van der Waals surface area (Å²) in [5, 5.41) is 0. The van der Waals surface area contributed by atoms with Crippen LogP contribution in [-0.2, 0) is 10.0 Å². The lowest BCUT2D eigenvalue weighted by Gasteiger charge is -2.26. The zero-order chi connectivity index (χ0) is 20.9. The number of hydrogen-bond acceptors (Lipinski definition) is 4. The first-order valence-electron chi connectivity index (χ1n) is 9.27. The van der Waals surface area contributed by atoms with E-state index in [1.165, 1.54) is 4.31 Å². The van der Waals surface area contributed by atoms with Crippen LogP contribution in [0.25, 0.3) is 0 Å². The van der Waals surface area contributed by atoms with Crippen molar-refractivity contribution in [1.29, 1.82) is 0 Å². The molecule has 0 amide bonds. The highest BCUT2D eigenvalue weighted by Crippen LogP contribution is 2.31. The van der Waals surface area contributed by atoms with Gasteiger partial charge in [0.2, 0.25) is 0 Å². The van der Waals surface area contributed by atoms with Gasteiger partial charge in [-0.05, 0) is 48.9 Å². The van der Waals surface area contributed by atoms with Crippen LogP contribution in [0, 0.1) is 0 Å². The van der Waals surface area contributed by atoms with Crippen molar-refractivity contribution in [3.05, 3.63) is 88.7 Å². The number of carbonyl (C=O) groups is 1. The van der Waals surface area contributed by atoms with Gasteiger partial charge in [0.05, 0.1) is 10.6 Å². The van der Waals surface area contributed by atoms with Crippen LogP contribution in [-0.4, -0.2) is 25.7 Å². The maximum Gasteiger partial charge on any atom is 0.264 e. The lowest BCUT2D eigenvalue weighted by atomic mass is 10.0. The number of benzene rings is 2. The van der Waals surface area contributed by atoms with Crippen LogP contribution in [0.3, 0.4) is 0 Å².